The van der Waals surface area contributed by atoms with Gasteiger partial charge in [0, 0.05) is 36.2 Å². The maximum absolute atomic E-state index is 5.81. The second kappa shape index (κ2) is 11.6. The molecule has 1 heterocycles. The Morgan fingerprint density at radius 3 is 2.81 bits per heavy atom. The summed E-state index contributed by atoms with van der Waals surface area (Å²) in [6.07, 6.45) is 4.69. The minimum atomic E-state index is 0. The van der Waals surface area contributed by atoms with Gasteiger partial charge >= 0.3 is 0 Å². The highest BCUT2D eigenvalue weighted by molar-refractivity contribution is 14.0. The fraction of sp³-hybridized carbons (Fsp3) is 0.650. The molecule has 1 atom stereocenters. The van der Waals surface area contributed by atoms with E-state index in [0.29, 0.717) is 0 Å². The number of hydrogen-bond donors (Lipinski definition) is 2. The molecular weight excluding hydrogens is 521 g/mol. The van der Waals surface area contributed by atoms with E-state index in [9.17, 15) is 0 Å². The van der Waals surface area contributed by atoms with Gasteiger partial charge in [0.25, 0.3) is 0 Å². The molecule has 5 nitrogen and oxygen atoms in total. The lowest BCUT2D eigenvalue weighted by molar-refractivity contribution is 0.0420. The molecule has 2 fully saturated rings. The number of rotatable bonds is 9. The molecule has 0 bridgehead atoms. The first-order chi connectivity index (χ1) is 12.7. The van der Waals surface area contributed by atoms with Gasteiger partial charge in [-0.15, -0.1) is 24.0 Å². The van der Waals surface area contributed by atoms with Crippen LogP contribution in [0, 0.1) is 0 Å². The summed E-state index contributed by atoms with van der Waals surface area (Å²) in [7, 11) is 0. The molecule has 152 valence electrons. The van der Waals surface area contributed by atoms with Crippen LogP contribution in [0.1, 0.15) is 38.2 Å². The number of benzene rings is 1. The van der Waals surface area contributed by atoms with E-state index in [-0.39, 0.29) is 35.5 Å². The van der Waals surface area contributed by atoms with Gasteiger partial charge in [-0.25, -0.2) is 0 Å². The van der Waals surface area contributed by atoms with Gasteiger partial charge < -0.3 is 20.1 Å². The minimum Gasteiger partial charge on any atom is -0.379 e. The summed E-state index contributed by atoms with van der Waals surface area (Å²) in [6, 6.07) is 8.52. The van der Waals surface area contributed by atoms with Crippen molar-refractivity contribution < 1.29 is 9.47 Å². The highest BCUT2D eigenvalue weighted by atomic mass is 127. The van der Waals surface area contributed by atoms with Crippen molar-refractivity contribution >= 4 is 45.9 Å². The molecule has 2 aliphatic rings. The van der Waals surface area contributed by atoms with Crippen LogP contribution in [0.5, 0.6) is 0 Å². The molecular formula is C20H31BrIN3O2. The van der Waals surface area contributed by atoms with E-state index in [4.69, 9.17) is 14.5 Å². The molecule has 1 aliphatic heterocycles. The Hall–Kier alpha value is -0.380. The lowest BCUT2D eigenvalue weighted by atomic mass is 9.96. The SMILES string of the molecule is CCNC(=NCC1(c2ccccc2Br)CC1)NCCCOC1CCOC1.I. The van der Waals surface area contributed by atoms with Gasteiger partial charge in [-0.2, -0.15) is 0 Å². The maximum atomic E-state index is 5.81. The van der Waals surface area contributed by atoms with Crippen LogP contribution in [-0.2, 0) is 14.9 Å². The Labute approximate surface area is 188 Å². The summed E-state index contributed by atoms with van der Waals surface area (Å²) in [4.78, 5) is 4.85. The zero-order valence-electron chi connectivity index (χ0n) is 16.0. The smallest absolute Gasteiger partial charge is 0.191 e. The molecule has 1 unspecified atom stereocenters. The molecule has 27 heavy (non-hydrogen) atoms. The van der Waals surface area contributed by atoms with Gasteiger partial charge in [0.2, 0.25) is 0 Å². The van der Waals surface area contributed by atoms with Crippen LogP contribution in [0.3, 0.4) is 0 Å². The van der Waals surface area contributed by atoms with Gasteiger partial charge in [0.1, 0.15) is 0 Å². The molecule has 3 rings (SSSR count). The normalized spacial score (nSPS) is 20.8. The minimum absolute atomic E-state index is 0. The lowest BCUT2D eigenvalue weighted by Gasteiger charge is -2.17. The van der Waals surface area contributed by atoms with Gasteiger partial charge in [-0.05, 0) is 44.2 Å². The molecule has 0 radical (unpaired) electrons. The quantitative estimate of drug-likeness (QED) is 0.212. The van der Waals surface area contributed by atoms with E-state index in [0.717, 1.165) is 58.3 Å². The van der Waals surface area contributed by atoms with E-state index in [1.807, 2.05) is 0 Å². The summed E-state index contributed by atoms with van der Waals surface area (Å²) in [5, 5.41) is 6.78. The molecule has 7 heteroatoms. The van der Waals surface area contributed by atoms with Gasteiger partial charge in [0.05, 0.1) is 19.3 Å². The van der Waals surface area contributed by atoms with Gasteiger partial charge in [-0.3, -0.25) is 4.99 Å². The fourth-order valence-electron chi connectivity index (χ4n) is 3.30. The molecule has 1 aromatic carbocycles. The number of ether oxygens (including phenoxy) is 2. The average Bonchev–Trinajstić information content (AvgIpc) is 3.25. The van der Waals surface area contributed by atoms with Crippen molar-refractivity contribution in [2.75, 3.05) is 39.5 Å². The Kier molecular flexibility index (Phi) is 9.82. The van der Waals surface area contributed by atoms with E-state index in [1.54, 1.807) is 0 Å². The number of nitrogens with one attached hydrogen (secondary N) is 2. The van der Waals surface area contributed by atoms with Crippen molar-refractivity contribution in [3.05, 3.63) is 34.3 Å². The number of nitrogens with zero attached hydrogens (tertiary/aromatic N) is 1. The third-order valence-corrected chi connectivity index (χ3v) is 5.73. The van der Waals surface area contributed by atoms with Crippen molar-refractivity contribution in [3.8, 4) is 0 Å². The van der Waals surface area contributed by atoms with E-state index >= 15 is 0 Å². The summed E-state index contributed by atoms with van der Waals surface area (Å²) in [6.45, 7) is 6.99. The van der Waals surface area contributed by atoms with Crippen LogP contribution >= 0.6 is 39.9 Å². The zero-order valence-corrected chi connectivity index (χ0v) is 19.9. The summed E-state index contributed by atoms with van der Waals surface area (Å²) < 4.78 is 12.3. The first kappa shape index (κ1) is 22.9. The zero-order chi connectivity index (χ0) is 18.2. The second-order valence-electron chi connectivity index (χ2n) is 7.09. The maximum Gasteiger partial charge on any atom is 0.191 e. The monoisotopic (exact) mass is 551 g/mol. The molecule has 1 aromatic rings. The highest BCUT2D eigenvalue weighted by Crippen LogP contribution is 2.50. The van der Waals surface area contributed by atoms with Gasteiger partial charge in [-0.1, -0.05) is 34.1 Å². The summed E-state index contributed by atoms with van der Waals surface area (Å²) in [5.74, 6) is 0.898. The van der Waals surface area contributed by atoms with Crippen molar-refractivity contribution in [1.82, 2.24) is 10.6 Å². The molecule has 1 saturated carbocycles. The first-order valence-corrected chi connectivity index (χ1v) is 10.5. The van der Waals surface area contributed by atoms with E-state index < -0.39 is 0 Å². The molecule has 1 saturated heterocycles. The van der Waals surface area contributed by atoms with Crippen LogP contribution in [0.25, 0.3) is 0 Å². The fourth-order valence-corrected chi connectivity index (χ4v) is 4.01. The van der Waals surface area contributed by atoms with Crippen LogP contribution in [0.4, 0.5) is 0 Å². The third kappa shape index (κ3) is 6.87. The third-order valence-electron chi connectivity index (χ3n) is 5.04. The predicted molar refractivity (Wildman–Crippen MR) is 124 cm³/mol. The molecule has 2 N–H and O–H groups in total. The summed E-state index contributed by atoms with van der Waals surface area (Å²) in [5.41, 5.74) is 1.58. The first-order valence-electron chi connectivity index (χ1n) is 9.70. The number of hydrogen-bond acceptors (Lipinski definition) is 3. The van der Waals surface area contributed by atoms with Crippen molar-refractivity contribution in [1.29, 1.82) is 0 Å². The molecule has 0 amide bonds. The molecule has 0 spiro atoms. The van der Waals surface area contributed by atoms with E-state index in [1.165, 1.54) is 22.9 Å². The highest BCUT2D eigenvalue weighted by Gasteiger charge is 2.45. The molecule has 1 aliphatic carbocycles. The second-order valence-corrected chi connectivity index (χ2v) is 7.95. The largest absolute Gasteiger partial charge is 0.379 e. The Balaban J connectivity index is 0.00000261. The predicted octanol–water partition coefficient (Wildman–Crippen LogP) is 3.85. The van der Waals surface area contributed by atoms with Crippen molar-refractivity contribution in [2.45, 2.75) is 44.1 Å². The van der Waals surface area contributed by atoms with Crippen LogP contribution < -0.4 is 10.6 Å². The van der Waals surface area contributed by atoms with Crippen LogP contribution in [-0.4, -0.2) is 51.5 Å². The van der Waals surface area contributed by atoms with E-state index in [2.05, 4.69) is 57.8 Å². The van der Waals surface area contributed by atoms with Crippen LogP contribution in [0.15, 0.2) is 33.7 Å². The van der Waals surface area contributed by atoms with Crippen LogP contribution in [0.2, 0.25) is 0 Å². The number of aliphatic imine (C=N–C) groups is 1. The summed E-state index contributed by atoms with van der Waals surface area (Å²) >= 11 is 3.69. The Bertz CT molecular complexity index is 605. The lowest BCUT2D eigenvalue weighted by Crippen LogP contribution is -2.38. The standard InChI is InChI=1S/C20H30BrN3O2.HI/c1-2-22-19(23-11-5-12-26-16-8-13-25-14-16)24-15-20(9-10-20)17-6-3-4-7-18(17)21;/h3-4,6-7,16H,2,5,8-15H2,1H3,(H2,22,23,24);1H. The number of guanidine groups is 1. The van der Waals surface area contributed by atoms with Gasteiger partial charge in [0.15, 0.2) is 5.96 Å². The number of halogens is 2. The Morgan fingerprint density at radius 2 is 2.15 bits per heavy atom. The van der Waals surface area contributed by atoms with Crippen molar-refractivity contribution in [3.63, 3.8) is 0 Å². The Morgan fingerprint density at radius 1 is 1.33 bits per heavy atom. The molecule has 0 aromatic heterocycles. The van der Waals surface area contributed by atoms with Crippen molar-refractivity contribution in [2.24, 2.45) is 4.99 Å². The topological polar surface area (TPSA) is 54.9 Å². The average molecular weight is 552 g/mol.